The van der Waals surface area contributed by atoms with Crippen molar-refractivity contribution in [1.82, 2.24) is 14.6 Å². The molecule has 0 spiro atoms. The summed E-state index contributed by atoms with van der Waals surface area (Å²) in [6, 6.07) is 5.41. The lowest BCUT2D eigenvalue weighted by molar-refractivity contribution is -0.137. The first-order chi connectivity index (χ1) is 17.8. The minimum absolute atomic E-state index is 0.0890. The number of hydrogen-bond donors (Lipinski definition) is 2. The topological polar surface area (TPSA) is 120 Å². The highest BCUT2D eigenvalue weighted by Gasteiger charge is 2.35. The van der Waals surface area contributed by atoms with Crippen molar-refractivity contribution < 1.29 is 18.3 Å². The van der Waals surface area contributed by atoms with Crippen LogP contribution in [0.1, 0.15) is 55.6 Å². The van der Waals surface area contributed by atoms with Crippen molar-refractivity contribution in [2.75, 3.05) is 32.1 Å². The van der Waals surface area contributed by atoms with Crippen LogP contribution in [-0.2, 0) is 22.5 Å². The Labute approximate surface area is 223 Å². The molecule has 210 valence electrons. The van der Waals surface area contributed by atoms with Crippen LogP contribution in [0.3, 0.4) is 0 Å². The molecule has 1 fully saturated rings. The average Bonchev–Trinajstić information content (AvgIpc) is 2.84. The number of hydrogen-bond acceptors (Lipinski definition) is 8. The lowest BCUT2D eigenvalue weighted by Crippen LogP contribution is -2.43. The number of anilines is 1. The summed E-state index contributed by atoms with van der Waals surface area (Å²) in [5.74, 6) is 3.14. The number of allylic oxidation sites excluding steroid dienone is 1. The zero-order valence-electron chi connectivity index (χ0n) is 23.2. The molecule has 0 aliphatic carbocycles. The number of pyridine rings is 2. The highest BCUT2D eigenvalue weighted by Crippen LogP contribution is 2.31. The Bertz CT molecular complexity index is 1210. The molecule has 0 unspecified atom stereocenters. The van der Waals surface area contributed by atoms with Gasteiger partial charge in [-0.15, -0.1) is 0 Å². The lowest BCUT2D eigenvalue weighted by atomic mass is 10.1. The Hall–Kier alpha value is -3.47. The van der Waals surface area contributed by atoms with E-state index in [0.29, 0.717) is 47.0 Å². The predicted octanol–water partition coefficient (Wildman–Crippen LogP) is 3.36. The summed E-state index contributed by atoms with van der Waals surface area (Å²) in [6.07, 6.45) is 4.02. The van der Waals surface area contributed by atoms with Crippen molar-refractivity contribution >= 4 is 17.4 Å². The second-order valence-corrected chi connectivity index (χ2v) is 9.56. The van der Waals surface area contributed by atoms with Gasteiger partial charge in [-0.05, 0) is 50.5 Å². The van der Waals surface area contributed by atoms with Crippen LogP contribution in [0.25, 0.3) is 5.70 Å². The second kappa shape index (κ2) is 13.4. The van der Waals surface area contributed by atoms with E-state index in [2.05, 4.69) is 16.6 Å². The van der Waals surface area contributed by atoms with Gasteiger partial charge in [-0.1, -0.05) is 13.3 Å². The molecule has 0 amide bonds. The van der Waals surface area contributed by atoms with E-state index in [4.69, 9.17) is 11.6 Å². The summed E-state index contributed by atoms with van der Waals surface area (Å²) >= 11 is 0. The summed E-state index contributed by atoms with van der Waals surface area (Å²) < 4.78 is 33.5. The quantitative estimate of drug-likeness (QED) is 0.315. The number of aryl methyl sites for hydroxylation is 3. The zero-order valence-corrected chi connectivity index (χ0v) is 23.2. The maximum Gasteiger partial charge on any atom is 0.302 e. The molecule has 3 rings (SSSR count). The van der Waals surface area contributed by atoms with Crippen molar-refractivity contribution in [3.05, 3.63) is 63.0 Å². The highest BCUT2D eigenvalue weighted by molar-refractivity contribution is 5.66. The summed E-state index contributed by atoms with van der Waals surface area (Å²) in [5, 5.41) is 1.39. The van der Waals surface area contributed by atoms with Crippen LogP contribution in [0.2, 0.25) is 0 Å². The van der Waals surface area contributed by atoms with Crippen molar-refractivity contribution in [3.8, 4) is 0 Å². The molecule has 38 heavy (non-hydrogen) atoms. The van der Waals surface area contributed by atoms with Gasteiger partial charge in [0.15, 0.2) is 0 Å². The van der Waals surface area contributed by atoms with Gasteiger partial charge in [-0.25, -0.2) is 19.6 Å². The van der Waals surface area contributed by atoms with Gasteiger partial charge >= 0.3 is 5.97 Å². The summed E-state index contributed by atoms with van der Waals surface area (Å²) in [4.78, 5) is 28.6. The summed E-state index contributed by atoms with van der Waals surface area (Å²) in [6.45, 7) is 7.47. The molecule has 0 saturated carbocycles. The number of esters is 1. The van der Waals surface area contributed by atoms with Crippen LogP contribution in [0.15, 0.2) is 34.9 Å². The Morgan fingerprint density at radius 3 is 2.47 bits per heavy atom. The fourth-order valence-corrected chi connectivity index (χ4v) is 4.31. The summed E-state index contributed by atoms with van der Waals surface area (Å²) in [5.41, 5.74) is 10.7. The van der Waals surface area contributed by atoms with E-state index in [1.54, 1.807) is 42.5 Å². The number of nitrogens with zero attached hydrogens (tertiary/aromatic N) is 4. The fraction of sp³-hybridized carbons (Fsp3) is 0.519. The zero-order chi connectivity index (χ0) is 28.6. The molecule has 0 bridgehead atoms. The molecule has 4 N–H and O–H groups in total. The molecule has 0 atom stereocenters. The molecule has 11 heteroatoms. The molecule has 1 aliphatic rings. The normalized spacial score (nSPS) is 15.2. The Kier molecular flexibility index (Phi) is 10.8. The van der Waals surface area contributed by atoms with Gasteiger partial charge < -0.3 is 24.9 Å². The van der Waals surface area contributed by atoms with Crippen molar-refractivity contribution in [2.24, 2.45) is 11.6 Å². The summed E-state index contributed by atoms with van der Waals surface area (Å²) in [7, 11) is 3.01. The lowest BCUT2D eigenvalue weighted by Gasteiger charge is -2.34. The monoisotopic (exact) mass is 534 g/mol. The first-order valence-corrected chi connectivity index (χ1v) is 12.6. The maximum atomic E-state index is 13.9. The predicted molar refractivity (Wildman–Crippen MR) is 146 cm³/mol. The van der Waals surface area contributed by atoms with E-state index in [-0.39, 0.29) is 31.0 Å². The van der Waals surface area contributed by atoms with Gasteiger partial charge in [-0.3, -0.25) is 9.59 Å². The van der Waals surface area contributed by atoms with Crippen LogP contribution in [-0.4, -0.2) is 53.7 Å². The third kappa shape index (κ3) is 8.27. The number of aromatic nitrogens is 2. The fourth-order valence-electron chi connectivity index (χ4n) is 4.31. The largest absolute Gasteiger partial charge is 0.469 e. The molecule has 2 aromatic heterocycles. The van der Waals surface area contributed by atoms with Crippen LogP contribution in [0.4, 0.5) is 14.5 Å². The first-order valence-electron chi connectivity index (χ1n) is 12.6. The SMILES string of the molecule is CCCc1cc(C)c(=O)n(C/C(=C(/N)c2ccc(N3CCCC(F)(F)C3)c(C)n2)N(C)N)c1.COC(C)=O. The van der Waals surface area contributed by atoms with Crippen molar-refractivity contribution in [2.45, 2.75) is 65.8 Å². The number of ether oxygens (including phenoxy) is 1. The maximum absolute atomic E-state index is 13.9. The van der Waals surface area contributed by atoms with E-state index in [9.17, 15) is 18.4 Å². The van der Waals surface area contributed by atoms with E-state index < -0.39 is 5.92 Å². The highest BCUT2D eigenvalue weighted by atomic mass is 19.3. The number of nitrogens with two attached hydrogens (primary N) is 2. The third-order valence-corrected chi connectivity index (χ3v) is 6.27. The second-order valence-electron chi connectivity index (χ2n) is 9.56. The molecule has 0 radical (unpaired) electrons. The standard InChI is InChI=1S/C24H34F2N6O.C3H6O2/c1-5-7-18-12-16(2)23(33)32(13-18)14-21(30(4)28)22(27)19-8-9-20(17(3)29-19)31-11-6-10-24(25,26)15-31;1-3(4)5-2/h8-9,12-13H,5-7,10-11,14-15,27-28H2,1-4H3;1-2H3/b22-21-;. The number of methoxy groups -OCH3 is 1. The molecule has 1 saturated heterocycles. The van der Waals surface area contributed by atoms with Crippen molar-refractivity contribution in [1.29, 1.82) is 0 Å². The Morgan fingerprint density at radius 2 is 1.95 bits per heavy atom. The number of carbonyl (C=O) groups is 1. The van der Waals surface area contributed by atoms with Gasteiger partial charge in [-0.2, -0.15) is 0 Å². The van der Waals surface area contributed by atoms with Gasteiger partial charge in [0.25, 0.3) is 11.5 Å². The van der Waals surface area contributed by atoms with E-state index in [1.807, 2.05) is 12.3 Å². The number of likely N-dealkylation sites (N-methyl/N-ethyl adjacent to an activating group) is 1. The molecule has 2 aromatic rings. The minimum atomic E-state index is -2.70. The number of piperidine rings is 1. The molecular formula is C27H40F2N6O3. The van der Waals surface area contributed by atoms with Crippen molar-refractivity contribution in [3.63, 3.8) is 0 Å². The minimum Gasteiger partial charge on any atom is -0.469 e. The van der Waals surface area contributed by atoms with E-state index in [0.717, 1.165) is 18.4 Å². The Balaban J connectivity index is 0.000000926. The van der Waals surface area contributed by atoms with E-state index >= 15 is 0 Å². The number of carbonyl (C=O) groups excluding carboxylic acids is 1. The number of halogens is 2. The van der Waals surface area contributed by atoms with Crippen LogP contribution in [0.5, 0.6) is 0 Å². The van der Waals surface area contributed by atoms with Crippen LogP contribution >= 0.6 is 0 Å². The first kappa shape index (κ1) is 30.8. The molecule has 1 aliphatic heterocycles. The van der Waals surface area contributed by atoms with Gasteiger partial charge in [0.1, 0.15) is 0 Å². The van der Waals surface area contributed by atoms with Gasteiger partial charge in [0, 0.05) is 38.7 Å². The number of hydrazine groups is 1. The Morgan fingerprint density at radius 1 is 1.29 bits per heavy atom. The molecule has 9 nitrogen and oxygen atoms in total. The van der Waals surface area contributed by atoms with Gasteiger partial charge in [0.2, 0.25) is 0 Å². The van der Waals surface area contributed by atoms with Crippen LogP contribution < -0.4 is 22.0 Å². The smallest absolute Gasteiger partial charge is 0.302 e. The van der Waals surface area contributed by atoms with Crippen LogP contribution in [0, 0.1) is 13.8 Å². The number of rotatable bonds is 7. The van der Waals surface area contributed by atoms with Gasteiger partial charge in [0.05, 0.1) is 48.7 Å². The van der Waals surface area contributed by atoms with E-state index in [1.165, 1.54) is 19.0 Å². The third-order valence-electron chi connectivity index (χ3n) is 6.27. The molecule has 0 aromatic carbocycles. The average molecular weight is 535 g/mol. The molecular weight excluding hydrogens is 494 g/mol. The number of alkyl halides is 2. The molecule has 3 heterocycles.